The number of hydrogen-bond acceptors (Lipinski definition) is 5. The summed E-state index contributed by atoms with van der Waals surface area (Å²) in [7, 11) is 0. The third kappa shape index (κ3) is 2.50. The van der Waals surface area contributed by atoms with E-state index in [9.17, 15) is 5.11 Å². The molecular formula is C9H14N2O2S. The fraction of sp³-hybridized carbons (Fsp3) is 0.778. The van der Waals surface area contributed by atoms with Gasteiger partial charge in [-0.2, -0.15) is 8.75 Å². The molecule has 2 rings (SSSR count). The molecule has 0 radical (unpaired) electrons. The van der Waals surface area contributed by atoms with Crippen molar-refractivity contribution in [1.29, 1.82) is 0 Å². The molecule has 1 saturated heterocycles. The second-order valence-corrected chi connectivity index (χ2v) is 4.20. The van der Waals surface area contributed by atoms with E-state index in [1.54, 1.807) is 6.20 Å². The van der Waals surface area contributed by atoms with Crippen molar-refractivity contribution >= 4 is 11.7 Å². The average molecular weight is 214 g/mol. The van der Waals surface area contributed by atoms with Crippen LogP contribution in [0.4, 0.5) is 0 Å². The second kappa shape index (κ2) is 4.82. The zero-order chi connectivity index (χ0) is 9.80. The van der Waals surface area contributed by atoms with Crippen LogP contribution in [0.5, 0.6) is 0 Å². The number of hydrogen-bond donors (Lipinski definition) is 1. The highest BCUT2D eigenvalue weighted by Crippen LogP contribution is 2.26. The van der Waals surface area contributed by atoms with Crippen molar-refractivity contribution in [3.63, 3.8) is 0 Å². The SMILES string of the molecule is OC(CC1CCOCC1)c1cnsn1. The number of ether oxygens (including phenoxy) is 1. The van der Waals surface area contributed by atoms with E-state index >= 15 is 0 Å². The Balaban J connectivity index is 1.84. The predicted octanol–water partition coefficient (Wildman–Crippen LogP) is 1.39. The number of aromatic nitrogens is 2. The first-order chi connectivity index (χ1) is 6.86. The van der Waals surface area contributed by atoms with Gasteiger partial charge in [0, 0.05) is 13.2 Å². The third-order valence-corrected chi connectivity index (χ3v) is 3.11. The zero-order valence-corrected chi connectivity index (χ0v) is 8.74. The first kappa shape index (κ1) is 10.0. The number of aliphatic hydroxyl groups is 1. The molecule has 1 aromatic rings. The van der Waals surface area contributed by atoms with Gasteiger partial charge in [-0.25, -0.2) is 0 Å². The minimum Gasteiger partial charge on any atom is -0.387 e. The minimum absolute atomic E-state index is 0.447. The summed E-state index contributed by atoms with van der Waals surface area (Å²) in [6.45, 7) is 1.65. The summed E-state index contributed by atoms with van der Waals surface area (Å²) in [5, 5.41) is 9.83. The van der Waals surface area contributed by atoms with Crippen LogP contribution in [-0.2, 0) is 4.74 Å². The Hall–Kier alpha value is -0.520. The molecule has 1 aliphatic rings. The molecule has 0 amide bonds. The van der Waals surface area contributed by atoms with Gasteiger partial charge in [-0.15, -0.1) is 0 Å². The van der Waals surface area contributed by atoms with Crippen LogP contribution in [0.2, 0.25) is 0 Å². The zero-order valence-electron chi connectivity index (χ0n) is 7.93. The Kier molecular flexibility index (Phi) is 3.44. The molecule has 14 heavy (non-hydrogen) atoms. The highest BCUT2D eigenvalue weighted by atomic mass is 32.1. The molecule has 1 aromatic heterocycles. The molecule has 78 valence electrons. The van der Waals surface area contributed by atoms with Gasteiger partial charge in [0.25, 0.3) is 0 Å². The molecule has 0 aromatic carbocycles. The van der Waals surface area contributed by atoms with Gasteiger partial charge in [0.2, 0.25) is 0 Å². The van der Waals surface area contributed by atoms with Gasteiger partial charge < -0.3 is 9.84 Å². The smallest absolute Gasteiger partial charge is 0.103 e. The normalized spacial score (nSPS) is 20.9. The van der Waals surface area contributed by atoms with E-state index in [4.69, 9.17) is 4.74 Å². The molecule has 0 saturated carbocycles. The van der Waals surface area contributed by atoms with Crippen LogP contribution in [-0.4, -0.2) is 27.1 Å². The summed E-state index contributed by atoms with van der Waals surface area (Å²) in [6.07, 6.45) is 4.09. The van der Waals surface area contributed by atoms with Crippen LogP contribution in [0.15, 0.2) is 6.20 Å². The largest absolute Gasteiger partial charge is 0.387 e. The Labute approximate surface area is 87.2 Å². The van der Waals surface area contributed by atoms with Crippen LogP contribution >= 0.6 is 11.7 Å². The van der Waals surface area contributed by atoms with Crippen LogP contribution in [0, 0.1) is 5.92 Å². The maximum atomic E-state index is 9.83. The lowest BCUT2D eigenvalue weighted by atomic mass is 9.93. The first-order valence-corrected chi connectivity index (χ1v) is 5.62. The van der Waals surface area contributed by atoms with Crippen LogP contribution < -0.4 is 0 Å². The molecule has 4 nitrogen and oxygen atoms in total. The molecule has 1 N–H and O–H groups in total. The lowest BCUT2D eigenvalue weighted by Gasteiger charge is -2.23. The molecule has 5 heteroatoms. The van der Waals surface area contributed by atoms with E-state index in [1.165, 1.54) is 0 Å². The molecule has 2 heterocycles. The van der Waals surface area contributed by atoms with E-state index in [0.717, 1.165) is 44.2 Å². The van der Waals surface area contributed by atoms with Crippen LogP contribution in [0.1, 0.15) is 31.1 Å². The molecule has 1 unspecified atom stereocenters. The van der Waals surface area contributed by atoms with Gasteiger partial charge in [0.05, 0.1) is 24.0 Å². The van der Waals surface area contributed by atoms with Crippen molar-refractivity contribution in [2.45, 2.75) is 25.4 Å². The van der Waals surface area contributed by atoms with E-state index in [1.807, 2.05) is 0 Å². The van der Waals surface area contributed by atoms with Gasteiger partial charge in [0.1, 0.15) is 5.69 Å². The van der Waals surface area contributed by atoms with E-state index < -0.39 is 6.10 Å². The Morgan fingerprint density at radius 1 is 1.57 bits per heavy atom. The standard InChI is InChI=1S/C9H14N2O2S/c12-9(8-6-10-14-11-8)5-7-1-3-13-4-2-7/h6-7,9,12H,1-5H2. The number of aliphatic hydroxyl groups excluding tert-OH is 1. The van der Waals surface area contributed by atoms with Gasteiger partial charge in [-0.3, -0.25) is 0 Å². The van der Waals surface area contributed by atoms with E-state index in [-0.39, 0.29) is 0 Å². The third-order valence-electron chi connectivity index (χ3n) is 2.62. The number of rotatable bonds is 3. The van der Waals surface area contributed by atoms with Gasteiger partial charge >= 0.3 is 0 Å². The molecule has 0 spiro atoms. The van der Waals surface area contributed by atoms with Crippen molar-refractivity contribution in [1.82, 2.24) is 8.75 Å². The van der Waals surface area contributed by atoms with Crippen LogP contribution in [0.3, 0.4) is 0 Å². The summed E-state index contributed by atoms with van der Waals surface area (Å²) in [6, 6.07) is 0. The monoisotopic (exact) mass is 214 g/mol. The summed E-state index contributed by atoms with van der Waals surface area (Å²) in [5.74, 6) is 0.570. The summed E-state index contributed by atoms with van der Waals surface area (Å²) in [4.78, 5) is 0. The average Bonchev–Trinajstić information content (AvgIpc) is 2.72. The quantitative estimate of drug-likeness (QED) is 0.826. The minimum atomic E-state index is -0.447. The van der Waals surface area contributed by atoms with Crippen LogP contribution in [0.25, 0.3) is 0 Å². The summed E-state index contributed by atoms with van der Waals surface area (Å²) >= 11 is 1.15. The maximum Gasteiger partial charge on any atom is 0.103 e. The Morgan fingerprint density at radius 3 is 3.00 bits per heavy atom. The highest BCUT2D eigenvalue weighted by Gasteiger charge is 2.20. The molecule has 1 aliphatic heterocycles. The van der Waals surface area contributed by atoms with Crippen molar-refractivity contribution in [3.8, 4) is 0 Å². The fourth-order valence-electron chi connectivity index (χ4n) is 1.74. The van der Waals surface area contributed by atoms with E-state index in [0.29, 0.717) is 11.6 Å². The molecule has 1 fully saturated rings. The predicted molar refractivity (Wildman–Crippen MR) is 53.0 cm³/mol. The lowest BCUT2D eigenvalue weighted by Crippen LogP contribution is -2.18. The summed E-state index contributed by atoms with van der Waals surface area (Å²) < 4.78 is 13.2. The number of nitrogens with zero attached hydrogens (tertiary/aromatic N) is 2. The highest BCUT2D eigenvalue weighted by molar-refractivity contribution is 6.99. The Bertz CT molecular complexity index is 260. The molecule has 1 atom stereocenters. The van der Waals surface area contributed by atoms with Crippen molar-refractivity contribution in [3.05, 3.63) is 11.9 Å². The molecule has 0 bridgehead atoms. The first-order valence-electron chi connectivity index (χ1n) is 4.89. The lowest BCUT2D eigenvalue weighted by molar-refractivity contribution is 0.0428. The summed E-state index contributed by atoms with van der Waals surface area (Å²) in [5.41, 5.74) is 0.710. The maximum absolute atomic E-state index is 9.83. The second-order valence-electron chi connectivity index (χ2n) is 3.64. The van der Waals surface area contributed by atoms with Crippen molar-refractivity contribution in [2.24, 2.45) is 5.92 Å². The van der Waals surface area contributed by atoms with Crippen molar-refractivity contribution < 1.29 is 9.84 Å². The van der Waals surface area contributed by atoms with Gasteiger partial charge in [-0.05, 0) is 25.2 Å². The van der Waals surface area contributed by atoms with E-state index in [2.05, 4.69) is 8.75 Å². The fourth-order valence-corrected chi connectivity index (χ4v) is 2.20. The molecular weight excluding hydrogens is 200 g/mol. The van der Waals surface area contributed by atoms with Gasteiger partial charge in [-0.1, -0.05) is 0 Å². The molecule has 0 aliphatic carbocycles. The van der Waals surface area contributed by atoms with Crippen molar-refractivity contribution in [2.75, 3.05) is 13.2 Å². The topological polar surface area (TPSA) is 55.2 Å². The Morgan fingerprint density at radius 2 is 2.36 bits per heavy atom. The van der Waals surface area contributed by atoms with Gasteiger partial charge in [0.15, 0.2) is 0 Å².